The molecule has 2 aromatic carbocycles. The van der Waals surface area contributed by atoms with Crippen LogP contribution < -0.4 is 0 Å². The molecule has 0 bridgehead atoms. The van der Waals surface area contributed by atoms with E-state index in [4.69, 9.17) is 18.9 Å². The second kappa shape index (κ2) is 31.8. The second-order valence-electron chi connectivity index (χ2n) is 13.8. The molecule has 0 heterocycles. The predicted octanol–water partition coefficient (Wildman–Crippen LogP) is 12.3. The zero-order valence-electron chi connectivity index (χ0n) is 32.3. The summed E-state index contributed by atoms with van der Waals surface area (Å²) in [7, 11) is 0. The quantitative estimate of drug-likeness (QED) is 0.0428. The summed E-state index contributed by atoms with van der Waals surface area (Å²) in [6, 6.07) is 13.0. The van der Waals surface area contributed by atoms with Gasteiger partial charge in [-0.05, 0) is 74.2 Å². The summed E-state index contributed by atoms with van der Waals surface area (Å²) in [6.45, 7) is 6.02. The number of ether oxygens (including phenoxy) is 4. The van der Waals surface area contributed by atoms with Gasteiger partial charge in [0.05, 0.1) is 48.7 Å². The highest BCUT2D eigenvalue weighted by Gasteiger charge is 2.12. The maximum absolute atomic E-state index is 12.4. The molecule has 0 saturated heterocycles. The van der Waals surface area contributed by atoms with Crippen LogP contribution in [0.4, 0.5) is 0 Å². The highest BCUT2D eigenvalue weighted by atomic mass is 16.5. The highest BCUT2D eigenvalue weighted by Crippen LogP contribution is 2.14. The minimum atomic E-state index is -0.367. The summed E-state index contributed by atoms with van der Waals surface area (Å²) < 4.78 is 21.5. The molecule has 0 aromatic heterocycles. The Hall–Kier alpha value is -3.68. The van der Waals surface area contributed by atoms with Crippen LogP contribution in [-0.2, 0) is 18.9 Å². The van der Waals surface area contributed by atoms with E-state index in [0.29, 0.717) is 48.7 Å². The molecule has 0 aliphatic carbocycles. The largest absolute Gasteiger partial charge is 0.462 e. The Morgan fingerprint density at radius 3 is 0.679 bits per heavy atom. The average Bonchev–Trinajstić information content (AvgIpc) is 3.17. The Labute approximate surface area is 321 Å². The third-order valence-corrected chi connectivity index (χ3v) is 9.18. The van der Waals surface area contributed by atoms with Crippen molar-refractivity contribution < 1.29 is 38.1 Å². The number of hydrogen-bond donors (Lipinski definition) is 0. The van der Waals surface area contributed by atoms with Crippen LogP contribution in [0.15, 0.2) is 48.5 Å². The second-order valence-corrected chi connectivity index (χ2v) is 13.8. The maximum Gasteiger partial charge on any atom is 0.338 e. The average molecular weight is 739 g/mol. The first-order valence-electron chi connectivity index (χ1n) is 20.3. The van der Waals surface area contributed by atoms with Crippen LogP contribution in [0, 0.1) is 0 Å². The Bertz CT molecular complexity index is 1140. The fourth-order valence-electron chi connectivity index (χ4n) is 5.86. The molecule has 0 unspecified atom stereocenters. The van der Waals surface area contributed by atoms with Crippen molar-refractivity contribution in [1.29, 1.82) is 0 Å². The van der Waals surface area contributed by atoms with Gasteiger partial charge in [-0.25, -0.2) is 19.2 Å². The SMILES string of the molecule is C.CCCCCCCCOC(=O)c1ccc(C(=O)OCCCCCCCCCCCCOC(=O)c2ccc(C(=O)OCCCCCCCC)cc2)cc1. The van der Waals surface area contributed by atoms with Crippen LogP contribution in [0.25, 0.3) is 0 Å². The van der Waals surface area contributed by atoms with Crippen LogP contribution in [0.1, 0.15) is 204 Å². The van der Waals surface area contributed by atoms with E-state index in [9.17, 15) is 19.2 Å². The van der Waals surface area contributed by atoms with Gasteiger partial charge in [0.25, 0.3) is 0 Å². The number of hydrogen-bond acceptors (Lipinski definition) is 8. The van der Waals surface area contributed by atoms with E-state index in [0.717, 1.165) is 77.0 Å². The number of unbranched alkanes of at least 4 members (excludes halogenated alkanes) is 19. The fourth-order valence-corrected chi connectivity index (χ4v) is 5.86. The lowest BCUT2D eigenvalue weighted by Crippen LogP contribution is -2.09. The van der Waals surface area contributed by atoms with E-state index in [1.54, 1.807) is 48.5 Å². The first-order valence-corrected chi connectivity index (χ1v) is 20.3. The maximum atomic E-state index is 12.4. The van der Waals surface area contributed by atoms with Crippen LogP contribution in [0.5, 0.6) is 0 Å². The van der Waals surface area contributed by atoms with E-state index in [-0.39, 0.29) is 31.3 Å². The minimum absolute atomic E-state index is 0. The van der Waals surface area contributed by atoms with Gasteiger partial charge in [-0.2, -0.15) is 0 Å². The number of rotatable bonds is 31. The zero-order valence-corrected chi connectivity index (χ0v) is 32.3. The van der Waals surface area contributed by atoms with Crippen molar-refractivity contribution in [3.63, 3.8) is 0 Å². The number of esters is 4. The molecule has 298 valence electrons. The number of carbonyl (C=O) groups is 4. The molecule has 0 saturated carbocycles. The molecule has 0 fully saturated rings. The Kier molecular flexibility index (Phi) is 28.4. The van der Waals surface area contributed by atoms with Gasteiger partial charge in [-0.1, -0.05) is 137 Å². The molecule has 0 amide bonds. The van der Waals surface area contributed by atoms with Crippen molar-refractivity contribution in [3.8, 4) is 0 Å². The monoisotopic (exact) mass is 739 g/mol. The van der Waals surface area contributed by atoms with Gasteiger partial charge < -0.3 is 18.9 Å². The molecular formula is C45H70O8. The van der Waals surface area contributed by atoms with Gasteiger partial charge in [0.2, 0.25) is 0 Å². The molecule has 0 aliphatic heterocycles. The van der Waals surface area contributed by atoms with Gasteiger partial charge >= 0.3 is 23.9 Å². The lowest BCUT2D eigenvalue weighted by Gasteiger charge is -2.07. The van der Waals surface area contributed by atoms with E-state index in [2.05, 4.69) is 13.8 Å². The van der Waals surface area contributed by atoms with Crippen molar-refractivity contribution in [2.24, 2.45) is 0 Å². The smallest absolute Gasteiger partial charge is 0.338 e. The molecule has 0 N–H and O–H groups in total. The Morgan fingerprint density at radius 1 is 0.321 bits per heavy atom. The standard InChI is InChI=1S/C44H66O8.CH4/c1-3-5-7-9-17-21-33-49-41(45)37-25-29-39(30-26-37)43(47)51-35-23-19-15-13-11-12-14-16-20-24-36-52-44(48)40-31-27-38(28-32-40)42(46)50-34-22-18-10-8-6-4-2;/h25-32H,3-24,33-36H2,1-2H3;1H4. The van der Waals surface area contributed by atoms with E-state index < -0.39 is 0 Å². The fraction of sp³-hybridized carbons (Fsp3) is 0.644. The molecule has 0 spiro atoms. The van der Waals surface area contributed by atoms with Crippen molar-refractivity contribution in [2.75, 3.05) is 26.4 Å². The third-order valence-electron chi connectivity index (χ3n) is 9.18. The number of benzene rings is 2. The third kappa shape index (κ3) is 22.9. The molecule has 0 radical (unpaired) electrons. The Morgan fingerprint density at radius 2 is 0.491 bits per heavy atom. The van der Waals surface area contributed by atoms with E-state index in [1.165, 1.54) is 64.2 Å². The molecule has 53 heavy (non-hydrogen) atoms. The van der Waals surface area contributed by atoms with Crippen LogP contribution in [0.3, 0.4) is 0 Å². The van der Waals surface area contributed by atoms with Crippen molar-refractivity contribution in [1.82, 2.24) is 0 Å². The van der Waals surface area contributed by atoms with E-state index in [1.807, 2.05) is 0 Å². The summed E-state index contributed by atoms with van der Waals surface area (Å²) in [5.41, 5.74) is 1.77. The molecule has 8 nitrogen and oxygen atoms in total. The molecule has 0 atom stereocenters. The minimum Gasteiger partial charge on any atom is -0.462 e. The first-order chi connectivity index (χ1) is 25.5. The molecule has 2 rings (SSSR count). The zero-order chi connectivity index (χ0) is 37.5. The van der Waals surface area contributed by atoms with Gasteiger partial charge in [0.1, 0.15) is 0 Å². The predicted molar refractivity (Wildman–Crippen MR) is 214 cm³/mol. The van der Waals surface area contributed by atoms with E-state index >= 15 is 0 Å². The highest BCUT2D eigenvalue weighted by molar-refractivity contribution is 5.94. The lowest BCUT2D eigenvalue weighted by atomic mass is 10.1. The molecule has 8 heteroatoms. The molecule has 2 aromatic rings. The molecular weight excluding hydrogens is 668 g/mol. The summed E-state index contributed by atoms with van der Waals surface area (Å²) >= 11 is 0. The summed E-state index contributed by atoms with van der Waals surface area (Å²) in [5, 5.41) is 0. The van der Waals surface area contributed by atoms with Gasteiger partial charge in [-0.3, -0.25) is 0 Å². The van der Waals surface area contributed by atoms with Crippen molar-refractivity contribution in [3.05, 3.63) is 70.8 Å². The van der Waals surface area contributed by atoms with Gasteiger partial charge in [-0.15, -0.1) is 0 Å². The Balaban J connectivity index is 0.0000140. The summed E-state index contributed by atoms with van der Waals surface area (Å²) in [6.07, 6.45) is 24.3. The summed E-state index contributed by atoms with van der Waals surface area (Å²) in [4.78, 5) is 49.2. The van der Waals surface area contributed by atoms with Crippen LogP contribution in [0.2, 0.25) is 0 Å². The van der Waals surface area contributed by atoms with Gasteiger partial charge in [0.15, 0.2) is 0 Å². The van der Waals surface area contributed by atoms with Crippen molar-refractivity contribution >= 4 is 23.9 Å². The topological polar surface area (TPSA) is 105 Å². The van der Waals surface area contributed by atoms with Crippen LogP contribution in [-0.4, -0.2) is 50.3 Å². The van der Waals surface area contributed by atoms with Crippen LogP contribution >= 0.6 is 0 Å². The molecule has 0 aliphatic rings. The lowest BCUT2D eigenvalue weighted by molar-refractivity contribution is 0.0483. The van der Waals surface area contributed by atoms with Gasteiger partial charge in [0, 0.05) is 0 Å². The summed E-state index contributed by atoms with van der Waals surface area (Å²) in [5.74, 6) is -1.45. The first kappa shape index (κ1) is 47.3. The number of carbonyl (C=O) groups excluding carboxylic acids is 4. The van der Waals surface area contributed by atoms with Crippen molar-refractivity contribution in [2.45, 2.75) is 163 Å². The normalized spacial score (nSPS) is 10.7.